The van der Waals surface area contributed by atoms with E-state index in [0.717, 1.165) is 0 Å². The average Bonchev–Trinajstić information content (AvgIpc) is 2.29. The van der Waals surface area contributed by atoms with Gasteiger partial charge >= 0.3 is 0 Å². The fourth-order valence-corrected chi connectivity index (χ4v) is 1.19. The zero-order valence-electron chi connectivity index (χ0n) is 10.1. The number of nitrogens with two attached hydrogens (primary N) is 1. The van der Waals surface area contributed by atoms with Crippen LogP contribution in [0.25, 0.3) is 0 Å². The van der Waals surface area contributed by atoms with Crippen LogP contribution in [0.2, 0.25) is 0 Å². The lowest BCUT2D eigenvalue weighted by atomic mass is 10.3. The fraction of sp³-hybridized carbons (Fsp3) is 0.364. The van der Waals surface area contributed by atoms with Gasteiger partial charge in [0.25, 0.3) is 0 Å². The second-order valence-corrected chi connectivity index (χ2v) is 3.86. The third-order valence-electron chi connectivity index (χ3n) is 2.28. The van der Waals surface area contributed by atoms with Crippen LogP contribution in [0.4, 0.5) is 11.5 Å². The van der Waals surface area contributed by atoms with Crippen molar-refractivity contribution in [3.05, 3.63) is 17.8 Å². The highest BCUT2D eigenvalue weighted by atomic mass is 16.2. The minimum absolute atomic E-state index is 0.0374. The van der Waals surface area contributed by atoms with Crippen molar-refractivity contribution in [3.8, 4) is 6.07 Å². The molecule has 0 atom stereocenters. The monoisotopic (exact) mass is 233 g/mol. The van der Waals surface area contributed by atoms with Crippen molar-refractivity contribution in [2.24, 2.45) is 0 Å². The first-order valence-corrected chi connectivity index (χ1v) is 5.03. The number of anilines is 2. The summed E-state index contributed by atoms with van der Waals surface area (Å²) >= 11 is 0. The number of hydrogen-bond donors (Lipinski definition) is 1. The van der Waals surface area contributed by atoms with E-state index < -0.39 is 0 Å². The maximum absolute atomic E-state index is 11.5. The van der Waals surface area contributed by atoms with Crippen LogP contribution >= 0.6 is 0 Å². The fourth-order valence-electron chi connectivity index (χ4n) is 1.19. The van der Waals surface area contributed by atoms with Gasteiger partial charge in [-0.2, -0.15) is 5.26 Å². The Balaban J connectivity index is 2.87. The second-order valence-electron chi connectivity index (χ2n) is 3.86. The maximum atomic E-state index is 11.5. The number of nitrogen functional groups attached to an aromatic ring is 1. The number of hydrogen-bond acceptors (Lipinski definition) is 5. The van der Waals surface area contributed by atoms with Crippen LogP contribution in [0, 0.1) is 11.3 Å². The number of pyridine rings is 1. The molecule has 0 radical (unpaired) electrons. The molecule has 0 bridgehead atoms. The molecule has 0 aliphatic rings. The minimum atomic E-state index is -0.0374. The lowest BCUT2D eigenvalue weighted by molar-refractivity contribution is -0.127. The van der Waals surface area contributed by atoms with E-state index in [0.29, 0.717) is 11.5 Å². The average molecular weight is 233 g/mol. The summed E-state index contributed by atoms with van der Waals surface area (Å²) in [4.78, 5) is 18.8. The van der Waals surface area contributed by atoms with Crippen LogP contribution in [0.15, 0.2) is 12.1 Å². The summed E-state index contributed by atoms with van der Waals surface area (Å²) in [6.07, 6.45) is 0. The number of nitrogens with zero attached hydrogens (tertiary/aromatic N) is 4. The SMILES string of the molecule is CN(C)C(=O)CN(C)c1ccc(N)c(C#N)n1. The van der Waals surface area contributed by atoms with Crippen LogP contribution < -0.4 is 10.6 Å². The first-order valence-electron chi connectivity index (χ1n) is 5.03. The number of amides is 1. The molecule has 1 aromatic heterocycles. The highest BCUT2D eigenvalue weighted by Gasteiger charge is 2.11. The summed E-state index contributed by atoms with van der Waals surface area (Å²) in [6.45, 7) is 0.203. The molecular weight excluding hydrogens is 218 g/mol. The number of aromatic nitrogens is 1. The third-order valence-corrected chi connectivity index (χ3v) is 2.28. The van der Waals surface area contributed by atoms with Crippen LogP contribution in [0.3, 0.4) is 0 Å². The minimum Gasteiger partial charge on any atom is -0.396 e. The molecule has 1 heterocycles. The van der Waals surface area contributed by atoms with E-state index in [4.69, 9.17) is 11.0 Å². The molecule has 0 saturated carbocycles. The number of carbonyl (C=O) groups is 1. The molecular formula is C11H15N5O. The Morgan fingerprint density at radius 3 is 2.65 bits per heavy atom. The molecule has 1 aromatic rings. The summed E-state index contributed by atoms with van der Waals surface area (Å²) in [6, 6.07) is 5.20. The van der Waals surface area contributed by atoms with Crippen molar-refractivity contribution >= 4 is 17.4 Å². The van der Waals surface area contributed by atoms with Crippen molar-refractivity contribution in [1.82, 2.24) is 9.88 Å². The van der Waals surface area contributed by atoms with Crippen molar-refractivity contribution in [2.45, 2.75) is 0 Å². The predicted molar refractivity (Wildman–Crippen MR) is 65.3 cm³/mol. The van der Waals surface area contributed by atoms with Crippen LogP contribution in [-0.2, 0) is 4.79 Å². The van der Waals surface area contributed by atoms with E-state index in [2.05, 4.69) is 4.98 Å². The summed E-state index contributed by atoms with van der Waals surface area (Å²) < 4.78 is 0. The molecule has 0 spiro atoms. The van der Waals surface area contributed by atoms with Gasteiger partial charge < -0.3 is 15.5 Å². The Hall–Kier alpha value is -2.29. The topological polar surface area (TPSA) is 86.3 Å². The van der Waals surface area contributed by atoms with Gasteiger partial charge in [-0.15, -0.1) is 0 Å². The van der Waals surface area contributed by atoms with Crippen molar-refractivity contribution in [3.63, 3.8) is 0 Å². The molecule has 0 aliphatic heterocycles. The summed E-state index contributed by atoms with van der Waals surface area (Å²) in [5, 5.41) is 8.81. The van der Waals surface area contributed by atoms with E-state index in [1.165, 1.54) is 4.90 Å². The third kappa shape index (κ3) is 3.08. The van der Waals surface area contributed by atoms with E-state index in [1.54, 1.807) is 38.2 Å². The standard InChI is InChI=1S/C11H15N5O/c1-15(2)11(17)7-16(3)10-5-4-8(13)9(6-12)14-10/h4-5H,7,13H2,1-3H3. The number of carbonyl (C=O) groups excluding carboxylic acids is 1. The molecule has 1 amide bonds. The number of likely N-dealkylation sites (N-methyl/N-ethyl adjacent to an activating group) is 2. The van der Waals surface area contributed by atoms with E-state index >= 15 is 0 Å². The molecule has 2 N–H and O–H groups in total. The van der Waals surface area contributed by atoms with E-state index in [1.807, 2.05) is 6.07 Å². The Bertz CT molecular complexity index is 463. The van der Waals surface area contributed by atoms with Crippen molar-refractivity contribution in [2.75, 3.05) is 38.3 Å². The Morgan fingerprint density at radius 1 is 1.47 bits per heavy atom. The first kappa shape index (κ1) is 12.8. The van der Waals surface area contributed by atoms with Crippen LogP contribution in [0.5, 0.6) is 0 Å². The molecule has 1 rings (SSSR count). The second kappa shape index (κ2) is 5.16. The van der Waals surface area contributed by atoms with Gasteiger partial charge in [0, 0.05) is 21.1 Å². The highest BCUT2D eigenvalue weighted by Crippen LogP contribution is 2.14. The molecule has 6 heteroatoms. The normalized spacial score (nSPS) is 9.53. The summed E-state index contributed by atoms with van der Waals surface area (Å²) in [7, 11) is 5.11. The van der Waals surface area contributed by atoms with Gasteiger partial charge in [-0.05, 0) is 12.1 Å². The lowest BCUT2D eigenvalue weighted by Gasteiger charge is -2.20. The molecule has 0 aliphatic carbocycles. The van der Waals surface area contributed by atoms with Gasteiger partial charge in [0.1, 0.15) is 11.9 Å². The molecule has 6 nitrogen and oxygen atoms in total. The molecule has 0 unspecified atom stereocenters. The summed E-state index contributed by atoms with van der Waals surface area (Å²) in [5.41, 5.74) is 6.08. The number of nitriles is 1. The Kier molecular flexibility index (Phi) is 3.88. The zero-order chi connectivity index (χ0) is 13.0. The zero-order valence-corrected chi connectivity index (χ0v) is 10.1. The molecule has 0 fully saturated rings. The molecule has 17 heavy (non-hydrogen) atoms. The quantitative estimate of drug-likeness (QED) is 0.797. The van der Waals surface area contributed by atoms with Crippen LogP contribution in [-0.4, -0.2) is 43.5 Å². The van der Waals surface area contributed by atoms with Crippen molar-refractivity contribution < 1.29 is 4.79 Å². The van der Waals surface area contributed by atoms with Gasteiger partial charge in [0.05, 0.1) is 12.2 Å². The Morgan fingerprint density at radius 2 is 2.12 bits per heavy atom. The van der Waals surface area contributed by atoms with Gasteiger partial charge in [0.15, 0.2) is 5.69 Å². The smallest absolute Gasteiger partial charge is 0.241 e. The van der Waals surface area contributed by atoms with Gasteiger partial charge in [-0.3, -0.25) is 4.79 Å². The van der Waals surface area contributed by atoms with Gasteiger partial charge in [0.2, 0.25) is 5.91 Å². The summed E-state index contributed by atoms with van der Waals surface area (Å²) in [5.74, 6) is 0.510. The van der Waals surface area contributed by atoms with E-state index in [-0.39, 0.29) is 18.1 Å². The van der Waals surface area contributed by atoms with E-state index in [9.17, 15) is 4.79 Å². The van der Waals surface area contributed by atoms with Crippen LogP contribution in [0.1, 0.15) is 5.69 Å². The van der Waals surface area contributed by atoms with Crippen molar-refractivity contribution in [1.29, 1.82) is 5.26 Å². The largest absolute Gasteiger partial charge is 0.396 e. The predicted octanol–water partition coefficient (Wildman–Crippen LogP) is 0.0599. The first-order chi connectivity index (χ1) is 7.95. The van der Waals surface area contributed by atoms with Gasteiger partial charge in [-0.25, -0.2) is 4.98 Å². The molecule has 90 valence electrons. The lowest BCUT2D eigenvalue weighted by Crippen LogP contribution is -2.34. The number of rotatable bonds is 3. The highest BCUT2D eigenvalue weighted by molar-refractivity contribution is 5.80. The van der Waals surface area contributed by atoms with Gasteiger partial charge in [-0.1, -0.05) is 0 Å². The maximum Gasteiger partial charge on any atom is 0.241 e. The molecule has 0 aromatic carbocycles. The molecule has 0 saturated heterocycles. The Labute approximate surface area is 100 Å².